The Kier molecular flexibility index (Phi) is 7.58. The van der Waals surface area contributed by atoms with Crippen LogP contribution in [-0.2, 0) is 36.9 Å². The van der Waals surface area contributed by atoms with E-state index in [1.807, 2.05) is 6.07 Å². The molecule has 0 spiro atoms. The van der Waals surface area contributed by atoms with Crippen LogP contribution >= 0.6 is 0 Å². The minimum Gasteiger partial charge on any atom is -0.481 e. The van der Waals surface area contributed by atoms with Crippen LogP contribution in [0.5, 0.6) is 0 Å². The van der Waals surface area contributed by atoms with Crippen LogP contribution in [0.15, 0.2) is 65.3 Å². The van der Waals surface area contributed by atoms with Gasteiger partial charge in [-0.3, -0.25) is 14.4 Å². The van der Waals surface area contributed by atoms with Crippen molar-refractivity contribution in [3.63, 3.8) is 0 Å². The SMILES string of the molecule is O=C(O)CC(NC(=O)OCc1ccccc1)C(=O)COC(=O)Cc1cccc2occc12. The number of carbonyl (C=O) groups is 4. The highest BCUT2D eigenvalue weighted by Crippen LogP contribution is 2.20. The minimum absolute atomic E-state index is 0.0464. The van der Waals surface area contributed by atoms with Crippen LogP contribution in [0.25, 0.3) is 11.0 Å². The van der Waals surface area contributed by atoms with Crippen molar-refractivity contribution in [1.82, 2.24) is 5.32 Å². The molecule has 2 aromatic carbocycles. The van der Waals surface area contributed by atoms with Gasteiger partial charge >= 0.3 is 18.0 Å². The lowest BCUT2D eigenvalue weighted by Gasteiger charge is -2.16. The molecule has 9 nitrogen and oxygen atoms in total. The molecule has 0 saturated heterocycles. The molecule has 0 saturated carbocycles. The van der Waals surface area contributed by atoms with Crippen molar-refractivity contribution in [2.75, 3.05) is 6.61 Å². The zero-order valence-corrected chi connectivity index (χ0v) is 17.0. The molecule has 0 aliphatic carbocycles. The first kappa shape index (κ1) is 22.5. The van der Waals surface area contributed by atoms with E-state index in [4.69, 9.17) is 19.0 Å². The van der Waals surface area contributed by atoms with E-state index in [1.165, 1.54) is 6.26 Å². The molecule has 3 aromatic rings. The fraction of sp³-hybridized carbons (Fsp3) is 0.217. The lowest BCUT2D eigenvalue weighted by atomic mass is 10.1. The molecule has 3 rings (SSSR count). The summed E-state index contributed by atoms with van der Waals surface area (Å²) in [5, 5.41) is 12.0. The average Bonchev–Trinajstić information content (AvgIpc) is 3.26. The van der Waals surface area contributed by atoms with Gasteiger partial charge in [0.1, 0.15) is 18.2 Å². The van der Waals surface area contributed by atoms with Crippen molar-refractivity contribution in [2.24, 2.45) is 0 Å². The van der Waals surface area contributed by atoms with Gasteiger partial charge in [0.2, 0.25) is 0 Å². The fourth-order valence-corrected chi connectivity index (χ4v) is 3.00. The van der Waals surface area contributed by atoms with Gasteiger partial charge in [0, 0.05) is 5.39 Å². The Bertz CT molecular complexity index is 1110. The molecule has 32 heavy (non-hydrogen) atoms. The second-order valence-electron chi connectivity index (χ2n) is 6.91. The van der Waals surface area contributed by atoms with Crippen molar-refractivity contribution >= 4 is 34.8 Å². The van der Waals surface area contributed by atoms with Gasteiger partial charge in [-0.1, -0.05) is 42.5 Å². The summed E-state index contributed by atoms with van der Waals surface area (Å²) >= 11 is 0. The number of benzene rings is 2. The first-order valence-electron chi connectivity index (χ1n) is 9.75. The van der Waals surface area contributed by atoms with Gasteiger partial charge in [0.05, 0.1) is 19.1 Å². The zero-order chi connectivity index (χ0) is 22.9. The molecule has 1 aromatic heterocycles. The van der Waals surface area contributed by atoms with E-state index < -0.39 is 42.9 Å². The highest BCUT2D eigenvalue weighted by atomic mass is 16.5. The monoisotopic (exact) mass is 439 g/mol. The third kappa shape index (κ3) is 6.43. The van der Waals surface area contributed by atoms with E-state index in [9.17, 15) is 19.2 Å². The number of carbonyl (C=O) groups excluding carboxylic acids is 3. The highest BCUT2D eigenvalue weighted by Gasteiger charge is 2.25. The smallest absolute Gasteiger partial charge is 0.408 e. The number of alkyl carbamates (subject to hydrolysis) is 1. The van der Waals surface area contributed by atoms with Gasteiger partial charge < -0.3 is 24.3 Å². The number of carboxylic acid groups (broad SMARTS) is 1. The summed E-state index contributed by atoms with van der Waals surface area (Å²) < 4.78 is 15.3. The standard InChI is InChI=1S/C23H21NO8/c25-19(14-31-22(28)11-16-7-4-8-20-17(16)9-10-30-20)18(12-21(26)27)24-23(29)32-13-15-5-2-1-3-6-15/h1-10,18H,11-14H2,(H,24,29)(H,26,27). The molecular formula is C23H21NO8. The van der Waals surface area contributed by atoms with E-state index >= 15 is 0 Å². The quantitative estimate of drug-likeness (QED) is 0.461. The van der Waals surface area contributed by atoms with Gasteiger partial charge in [-0.25, -0.2) is 4.79 Å². The maximum atomic E-state index is 12.4. The topological polar surface area (TPSA) is 132 Å². The van der Waals surface area contributed by atoms with Gasteiger partial charge in [-0.2, -0.15) is 0 Å². The molecule has 1 unspecified atom stereocenters. The molecular weight excluding hydrogens is 418 g/mol. The van der Waals surface area contributed by atoms with E-state index in [1.54, 1.807) is 48.5 Å². The molecule has 0 radical (unpaired) electrons. The molecule has 0 bridgehead atoms. The van der Waals surface area contributed by atoms with Crippen molar-refractivity contribution in [1.29, 1.82) is 0 Å². The molecule has 0 fully saturated rings. The Morgan fingerprint density at radius 2 is 1.75 bits per heavy atom. The summed E-state index contributed by atoms with van der Waals surface area (Å²) in [5.74, 6) is -2.74. The van der Waals surface area contributed by atoms with Crippen LogP contribution in [0.2, 0.25) is 0 Å². The molecule has 0 aliphatic heterocycles. The number of amides is 1. The molecule has 1 atom stereocenters. The summed E-state index contributed by atoms with van der Waals surface area (Å²) in [5.41, 5.74) is 2.01. The highest BCUT2D eigenvalue weighted by molar-refractivity contribution is 5.93. The van der Waals surface area contributed by atoms with Crippen LogP contribution in [-0.4, -0.2) is 41.6 Å². The second kappa shape index (κ2) is 10.8. The number of esters is 1. The van der Waals surface area contributed by atoms with Gasteiger partial charge in [-0.15, -0.1) is 0 Å². The summed E-state index contributed by atoms with van der Waals surface area (Å²) in [4.78, 5) is 47.7. The second-order valence-corrected chi connectivity index (χ2v) is 6.91. The lowest BCUT2D eigenvalue weighted by molar-refractivity contribution is -0.148. The largest absolute Gasteiger partial charge is 0.481 e. The molecule has 9 heteroatoms. The van der Waals surface area contributed by atoms with Crippen LogP contribution in [0.4, 0.5) is 4.79 Å². The Labute approximate surface area is 182 Å². The Morgan fingerprint density at radius 1 is 0.969 bits per heavy atom. The zero-order valence-electron chi connectivity index (χ0n) is 17.0. The first-order valence-corrected chi connectivity index (χ1v) is 9.75. The minimum atomic E-state index is -1.40. The number of ketones is 1. The normalized spacial score (nSPS) is 11.5. The molecule has 166 valence electrons. The summed E-state index contributed by atoms with van der Waals surface area (Å²) in [6.45, 7) is -0.730. The van der Waals surface area contributed by atoms with E-state index in [0.717, 1.165) is 10.9 Å². The predicted octanol–water partition coefficient (Wildman–Crippen LogP) is 2.86. The number of carboxylic acids is 1. The number of aliphatic carboxylic acids is 1. The van der Waals surface area contributed by atoms with Crippen molar-refractivity contribution in [2.45, 2.75) is 25.5 Å². The lowest BCUT2D eigenvalue weighted by Crippen LogP contribution is -2.44. The summed E-state index contributed by atoms with van der Waals surface area (Å²) in [7, 11) is 0. The maximum absolute atomic E-state index is 12.4. The van der Waals surface area contributed by atoms with Gasteiger partial charge in [0.25, 0.3) is 0 Å². The van der Waals surface area contributed by atoms with Gasteiger partial charge in [-0.05, 0) is 23.3 Å². The van der Waals surface area contributed by atoms with E-state index in [-0.39, 0.29) is 13.0 Å². The third-order valence-electron chi connectivity index (χ3n) is 4.57. The average molecular weight is 439 g/mol. The number of Topliss-reactive ketones (excluding diaryl/α,β-unsaturated/α-hetero) is 1. The molecule has 0 aliphatic rings. The van der Waals surface area contributed by atoms with Crippen molar-refractivity contribution in [3.8, 4) is 0 Å². The number of fused-ring (bicyclic) bond motifs is 1. The number of nitrogens with one attached hydrogen (secondary N) is 1. The van der Waals surface area contributed by atoms with E-state index in [2.05, 4.69) is 5.32 Å². The number of ether oxygens (including phenoxy) is 2. The number of furan rings is 1. The molecule has 1 amide bonds. The molecule has 1 heterocycles. The third-order valence-corrected chi connectivity index (χ3v) is 4.57. The predicted molar refractivity (Wildman–Crippen MR) is 112 cm³/mol. The van der Waals surface area contributed by atoms with E-state index in [0.29, 0.717) is 11.1 Å². The molecule has 2 N–H and O–H groups in total. The number of hydrogen-bond acceptors (Lipinski definition) is 7. The number of rotatable bonds is 10. The van der Waals surface area contributed by atoms with Crippen LogP contribution in [0, 0.1) is 0 Å². The Hall–Kier alpha value is -4.14. The van der Waals surface area contributed by atoms with Crippen LogP contribution in [0.3, 0.4) is 0 Å². The maximum Gasteiger partial charge on any atom is 0.408 e. The van der Waals surface area contributed by atoms with Crippen molar-refractivity contribution in [3.05, 3.63) is 72.0 Å². The summed E-state index contributed by atoms with van der Waals surface area (Å²) in [6, 6.07) is 14.4. The van der Waals surface area contributed by atoms with Gasteiger partial charge in [0.15, 0.2) is 12.4 Å². The first-order chi connectivity index (χ1) is 15.4. The Morgan fingerprint density at radius 3 is 2.50 bits per heavy atom. The Balaban J connectivity index is 1.52. The number of hydrogen-bond donors (Lipinski definition) is 2. The summed E-state index contributed by atoms with van der Waals surface area (Å²) in [6.07, 6.45) is -0.223. The van der Waals surface area contributed by atoms with Crippen LogP contribution < -0.4 is 5.32 Å². The van der Waals surface area contributed by atoms with Crippen LogP contribution in [0.1, 0.15) is 17.5 Å². The fourth-order valence-electron chi connectivity index (χ4n) is 3.00. The van der Waals surface area contributed by atoms with Crippen molar-refractivity contribution < 1.29 is 38.2 Å².